The van der Waals surface area contributed by atoms with Gasteiger partial charge < -0.3 is 5.32 Å². The second kappa shape index (κ2) is 5.84. The number of nitrogens with zero attached hydrogens (tertiary/aromatic N) is 1. The van der Waals surface area contributed by atoms with Gasteiger partial charge in [0.2, 0.25) is 0 Å². The summed E-state index contributed by atoms with van der Waals surface area (Å²) < 4.78 is 0. The van der Waals surface area contributed by atoms with E-state index in [0.717, 1.165) is 6.42 Å². The smallest absolute Gasteiger partial charge is 0.275 e. The molecular weight excluding hydrogens is 288 g/mol. The molecule has 5 heteroatoms. The molecule has 1 fully saturated rings. The van der Waals surface area contributed by atoms with Crippen LogP contribution in [-0.4, -0.2) is 11.0 Å². The Bertz CT molecular complexity index is 661. The van der Waals surface area contributed by atoms with Gasteiger partial charge in [-0.15, -0.1) is 0 Å². The zero-order chi connectivity index (χ0) is 14.8. The fraction of sp³-hybridized carbons (Fsp3) is 0.250. The zero-order valence-electron chi connectivity index (χ0n) is 11.3. The Morgan fingerprint density at radius 1 is 1.19 bits per heavy atom. The lowest BCUT2D eigenvalue weighted by molar-refractivity contribution is -0.385. The molecule has 0 saturated heterocycles. The predicted molar refractivity (Wildman–Crippen MR) is 82.5 cm³/mol. The second-order valence-electron chi connectivity index (χ2n) is 5.23. The van der Waals surface area contributed by atoms with Gasteiger partial charge in [0.05, 0.1) is 15.5 Å². The molecular formula is C16H15ClN2O2. The summed E-state index contributed by atoms with van der Waals surface area (Å²) in [4.78, 5) is 10.7. The molecule has 2 aromatic carbocycles. The highest BCUT2D eigenvalue weighted by atomic mass is 35.5. The SMILES string of the molecule is O=[N+]([O-])c1cccc(Cl)c1CNC1CC1c1ccccc1. The fourth-order valence-electron chi connectivity index (χ4n) is 2.62. The maximum atomic E-state index is 11.0. The lowest BCUT2D eigenvalue weighted by atomic mass is 10.1. The number of benzene rings is 2. The first-order valence-electron chi connectivity index (χ1n) is 6.87. The summed E-state index contributed by atoms with van der Waals surface area (Å²) in [5, 5.41) is 14.8. The molecule has 1 N–H and O–H groups in total. The Hall–Kier alpha value is -1.91. The van der Waals surface area contributed by atoms with E-state index in [4.69, 9.17) is 11.6 Å². The first-order chi connectivity index (χ1) is 10.2. The number of nitro benzene ring substituents is 1. The molecule has 0 bridgehead atoms. The van der Waals surface area contributed by atoms with Crippen LogP contribution in [0.5, 0.6) is 0 Å². The summed E-state index contributed by atoms with van der Waals surface area (Å²) in [6, 6.07) is 15.4. The summed E-state index contributed by atoms with van der Waals surface area (Å²) in [5.41, 5.74) is 1.94. The number of hydrogen-bond acceptors (Lipinski definition) is 3. The highest BCUT2D eigenvalue weighted by Crippen LogP contribution is 2.41. The standard InChI is InChI=1S/C16H15ClN2O2/c17-14-7-4-8-16(19(20)21)13(14)10-18-15-9-12(15)11-5-2-1-3-6-11/h1-8,12,15,18H,9-10H2. The van der Waals surface area contributed by atoms with Gasteiger partial charge in [0.1, 0.15) is 0 Å². The molecule has 2 aromatic rings. The van der Waals surface area contributed by atoms with Crippen molar-refractivity contribution in [1.82, 2.24) is 5.32 Å². The van der Waals surface area contributed by atoms with Crippen molar-refractivity contribution in [1.29, 1.82) is 0 Å². The van der Waals surface area contributed by atoms with E-state index < -0.39 is 0 Å². The van der Waals surface area contributed by atoms with Crippen LogP contribution in [0.15, 0.2) is 48.5 Å². The highest BCUT2D eigenvalue weighted by Gasteiger charge is 2.38. The lowest BCUT2D eigenvalue weighted by Crippen LogP contribution is -2.18. The van der Waals surface area contributed by atoms with Crippen molar-refractivity contribution in [3.8, 4) is 0 Å². The number of halogens is 1. The van der Waals surface area contributed by atoms with Gasteiger partial charge in [0, 0.05) is 24.6 Å². The Morgan fingerprint density at radius 2 is 1.95 bits per heavy atom. The maximum Gasteiger partial charge on any atom is 0.275 e. The summed E-state index contributed by atoms with van der Waals surface area (Å²) in [5.74, 6) is 0.493. The van der Waals surface area contributed by atoms with Crippen molar-refractivity contribution in [2.45, 2.75) is 24.9 Å². The van der Waals surface area contributed by atoms with Gasteiger partial charge >= 0.3 is 0 Å². The third kappa shape index (κ3) is 3.06. The van der Waals surface area contributed by atoms with E-state index in [1.54, 1.807) is 12.1 Å². The van der Waals surface area contributed by atoms with Crippen molar-refractivity contribution < 1.29 is 4.92 Å². The first kappa shape index (κ1) is 14.0. The average Bonchev–Trinajstić information content (AvgIpc) is 3.26. The van der Waals surface area contributed by atoms with Crippen molar-refractivity contribution in [3.63, 3.8) is 0 Å². The Kier molecular flexibility index (Phi) is 3.90. The normalized spacial score (nSPS) is 20.2. The van der Waals surface area contributed by atoms with Gasteiger partial charge in [0.15, 0.2) is 0 Å². The third-order valence-electron chi connectivity index (χ3n) is 3.85. The molecule has 3 rings (SSSR count). The molecule has 108 valence electrons. The molecule has 2 unspecified atom stereocenters. The fourth-order valence-corrected chi connectivity index (χ4v) is 2.85. The molecule has 2 atom stereocenters. The van der Waals surface area contributed by atoms with Crippen LogP contribution in [0.2, 0.25) is 5.02 Å². The van der Waals surface area contributed by atoms with E-state index in [-0.39, 0.29) is 10.6 Å². The molecule has 0 aliphatic heterocycles. The van der Waals surface area contributed by atoms with Crippen LogP contribution in [0.3, 0.4) is 0 Å². The minimum Gasteiger partial charge on any atom is -0.309 e. The molecule has 0 heterocycles. The largest absolute Gasteiger partial charge is 0.309 e. The third-order valence-corrected chi connectivity index (χ3v) is 4.20. The van der Waals surface area contributed by atoms with Crippen molar-refractivity contribution in [2.75, 3.05) is 0 Å². The predicted octanol–water partition coefficient (Wildman–Crippen LogP) is 3.89. The van der Waals surface area contributed by atoms with E-state index in [1.807, 2.05) is 18.2 Å². The zero-order valence-corrected chi connectivity index (χ0v) is 12.1. The van der Waals surface area contributed by atoms with Gasteiger partial charge in [-0.25, -0.2) is 0 Å². The van der Waals surface area contributed by atoms with Gasteiger partial charge in [0.25, 0.3) is 5.69 Å². The lowest BCUT2D eigenvalue weighted by Gasteiger charge is -2.07. The molecule has 0 aromatic heterocycles. The molecule has 4 nitrogen and oxygen atoms in total. The van der Waals surface area contributed by atoms with Gasteiger partial charge in [-0.2, -0.15) is 0 Å². The molecule has 21 heavy (non-hydrogen) atoms. The quantitative estimate of drug-likeness (QED) is 0.673. The van der Waals surface area contributed by atoms with Crippen molar-refractivity contribution in [3.05, 3.63) is 74.8 Å². The minimum atomic E-state index is -0.384. The van der Waals surface area contributed by atoms with Crippen LogP contribution in [0.1, 0.15) is 23.5 Å². The summed E-state index contributed by atoms with van der Waals surface area (Å²) in [6.07, 6.45) is 1.06. The topological polar surface area (TPSA) is 55.2 Å². The average molecular weight is 303 g/mol. The number of nitro groups is 1. The van der Waals surface area contributed by atoms with Crippen LogP contribution >= 0.6 is 11.6 Å². The Labute approximate surface area is 127 Å². The van der Waals surface area contributed by atoms with Crippen LogP contribution in [0.25, 0.3) is 0 Å². The monoisotopic (exact) mass is 302 g/mol. The summed E-state index contributed by atoms with van der Waals surface area (Å²) in [6.45, 7) is 0.421. The molecule has 0 spiro atoms. The summed E-state index contributed by atoms with van der Waals surface area (Å²) >= 11 is 6.09. The first-order valence-corrected chi connectivity index (χ1v) is 7.24. The number of rotatable bonds is 5. The van der Waals surface area contributed by atoms with Gasteiger partial charge in [-0.1, -0.05) is 48.0 Å². The molecule has 0 amide bonds. The van der Waals surface area contributed by atoms with E-state index in [0.29, 0.717) is 29.1 Å². The van der Waals surface area contributed by atoms with Crippen LogP contribution in [-0.2, 0) is 6.54 Å². The van der Waals surface area contributed by atoms with Gasteiger partial charge in [-0.05, 0) is 18.1 Å². The Balaban J connectivity index is 1.66. The highest BCUT2D eigenvalue weighted by molar-refractivity contribution is 6.31. The second-order valence-corrected chi connectivity index (χ2v) is 5.64. The van der Waals surface area contributed by atoms with Crippen LogP contribution < -0.4 is 5.32 Å². The molecule has 1 aliphatic rings. The Morgan fingerprint density at radius 3 is 2.67 bits per heavy atom. The van der Waals surface area contributed by atoms with E-state index >= 15 is 0 Å². The molecule has 0 radical (unpaired) electrons. The van der Waals surface area contributed by atoms with E-state index in [9.17, 15) is 10.1 Å². The van der Waals surface area contributed by atoms with Crippen molar-refractivity contribution in [2.24, 2.45) is 0 Å². The molecule has 1 saturated carbocycles. The van der Waals surface area contributed by atoms with E-state index in [1.165, 1.54) is 11.6 Å². The van der Waals surface area contributed by atoms with Crippen LogP contribution in [0, 0.1) is 10.1 Å². The van der Waals surface area contributed by atoms with Crippen LogP contribution in [0.4, 0.5) is 5.69 Å². The minimum absolute atomic E-state index is 0.0758. The van der Waals surface area contributed by atoms with Gasteiger partial charge in [-0.3, -0.25) is 10.1 Å². The number of hydrogen-bond donors (Lipinski definition) is 1. The van der Waals surface area contributed by atoms with E-state index in [2.05, 4.69) is 17.4 Å². The number of nitrogens with one attached hydrogen (secondary N) is 1. The summed E-state index contributed by atoms with van der Waals surface area (Å²) in [7, 11) is 0. The van der Waals surface area contributed by atoms with Crippen molar-refractivity contribution >= 4 is 17.3 Å². The molecule has 1 aliphatic carbocycles. The maximum absolute atomic E-state index is 11.0.